The molecule has 1 aliphatic heterocycles. The van der Waals surface area contributed by atoms with E-state index in [-0.39, 0.29) is 11.4 Å². The van der Waals surface area contributed by atoms with Crippen molar-refractivity contribution in [3.63, 3.8) is 0 Å². The Morgan fingerprint density at radius 1 is 1.22 bits per heavy atom. The molecule has 2 heterocycles. The lowest BCUT2D eigenvalue weighted by Crippen LogP contribution is -2.33. The summed E-state index contributed by atoms with van der Waals surface area (Å²) >= 11 is 1.31. The summed E-state index contributed by atoms with van der Waals surface area (Å²) < 4.78 is 0. The van der Waals surface area contributed by atoms with Gasteiger partial charge in [0.25, 0.3) is 5.91 Å². The molecule has 0 bridgehead atoms. The van der Waals surface area contributed by atoms with Gasteiger partial charge in [0.2, 0.25) is 5.78 Å². The van der Waals surface area contributed by atoms with Crippen LogP contribution in [-0.4, -0.2) is 53.8 Å². The van der Waals surface area contributed by atoms with Gasteiger partial charge in [-0.3, -0.25) is 9.59 Å². The monoisotopic (exact) mass is 384 g/mol. The van der Waals surface area contributed by atoms with Crippen LogP contribution in [0.3, 0.4) is 0 Å². The number of rotatable bonds is 7. The van der Waals surface area contributed by atoms with Gasteiger partial charge in [-0.05, 0) is 51.0 Å². The molecule has 0 radical (unpaired) electrons. The largest absolute Gasteiger partial charge is 0.503 e. The van der Waals surface area contributed by atoms with Gasteiger partial charge in [0.05, 0.1) is 16.5 Å². The van der Waals surface area contributed by atoms with E-state index >= 15 is 0 Å². The number of benzene rings is 1. The number of aliphatic hydroxyl groups excluding tert-OH is 1. The van der Waals surface area contributed by atoms with E-state index in [1.165, 1.54) is 11.3 Å². The molecule has 0 aliphatic carbocycles. The zero-order chi connectivity index (χ0) is 19.6. The average molecular weight is 385 g/mol. The zero-order valence-corrected chi connectivity index (χ0v) is 16.6. The highest BCUT2D eigenvalue weighted by molar-refractivity contribution is 7.12. The number of carbonyl (C=O) groups excluding carboxylic acids is 2. The van der Waals surface area contributed by atoms with Crippen LogP contribution in [0.25, 0.3) is 0 Å². The van der Waals surface area contributed by atoms with E-state index in [2.05, 4.69) is 0 Å². The summed E-state index contributed by atoms with van der Waals surface area (Å²) in [7, 11) is 3.95. The minimum Gasteiger partial charge on any atom is -0.503 e. The van der Waals surface area contributed by atoms with Gasteiger partial charge in [-0.2, -0.15) is 0 Å². The fourth-order valence-electron chi connectivity index (χ4n) is 3.31. The van der Waals surface area contributed by atoms with Crippen LogP contribution in [0.4, 0.5) is 0 Å². The van der Waals surface area contributed by atoms with Crippen molar-refractivity contribution in [3.8, 4) is 0 Å². The molecule has 1 aromatic carbocycles. The number of carbonyl (C=O) groups is 2. The number of Topliss-reactive ketones (excluding diaryl/α,β-unsaturated/α-hetero) is 1. The first-order chi connectivity index (χ1) is 12.9. The molecule has 1 N–H and O–H groups in total. The molecule has 6 heteroatoms. The van der Waals surface area contributed by atoms with Gasteiger partial charge in [0.1, 0.15) is 0 Å². The lowest BCUT2D eigenvalue weighted by molar-refractivity contribution is -0.129. The van der Waals surface area contributed by atoms with E-state index in [9.17, 15) is 14.7 Å². The van der Waals surface area contributed by atoms with Crippen molar-refractivity contribution in [1.82, 2.24) is 9.80 Å². The zero-order valence-electron chi connectivity index (χ0n) is 15.8. The first-order valence-electron chi connectivity index (χ1n) is 8.93. The predicted molar refractivity (Wildman–Crippen MR) is 107 cm³/mol. The van der Waals surface area contributed by atoms with Crippen molar-refractivity contribution in [2.75, 3.05) is 27.2 Å². The molecule has 27 heavy (non-hydrogen) atoms. The van der Waals surface area contributed by atoms with E-state index in [1.54, 1.807) is 17.0 Å². The fraction of sp³-hybridized carbons (Fsp3) is 0.333. The fourth-order valence-corrected chi connectivity index (χ4v) is 3.99. The molecule has 1 aromatic heterocycles. The van der Waals surface area contributed by atoms with Crippen LogP contribution in [0.5, 0.6) is 0 Å². The first kappa shape index (κ1) is 19.3. The van der Waals surface area contributed by atoms with Crippen molar-refractivity contribution < 1.29 is 14.7 Å². The molecule has 1 aliphatic rings. The lowest BCUT2D eigenvalue weighted by Gasteiger charge is -2.27. The standard InChI is InChI=1S/C21H24N2O3S/c1-14-7-9-15(10-8-14)18-17(19(24)16-6-4-13-27-16)20(25)21(26)23(18)12-5-11-22(2)3/h4,6-10,13,18,25H,5,11-12H2,1-3H3/t18-/m1/s1. The number of nitrogens with zero attached hydrogens (tertiary/aromatic N) is 2. The van der Waals surface area contributed by atoms with Crippen LogP contribution in [0, 0.1) is 6.92 Å². The molecule has 0 fully saturated rings. The van der Waals surface area contributed by atoms with E-state index in [4.69, 9.17) is 0 Å². The maximum absolute atomic E-state index is 13.0. The Bertz CT molecular complexity index is 854. The molecule has 0 spiro atoms. The van der Waals surface area contributed by atoms with Crippen LogP contribution < -0.4 is 0 Å². The second-order valence-corrected chi connectivity index (χ2v) is 7.98. The number of thiophene rings is 1. The highest BCUT2D eigenvalue weighted by atomic mass is 32.1. The summed E-state index contributed by atoms with van der Waals surface area (Å²) in [6, 6.07) is 10.7. The highest BCUT2D eigenvalue weighted by Crippen LogP contribution is 2.39. The highest BCUT2D eigenvalue weighted by Gasteiger charge is 2.43. The van der Waals surface area contributed by atoms with Crippen molar-refractivity contribution in [2.24, 2.45) is 0 Å². The van der Waals surface area contributed by atoms with Gasteiger partial charge in [-0.15, -0.1) is 11.3 Å². The number of hydrogen-bond acceptors (Lipinski definition) is 5. The summed E-state index contributed by atoms with van der Waals surface area (Å²) in [6.07, 6.45) is 0.759. The number of aryl methyl sites for hydroxylation is 1. The third kappa shape index (κ3) is 3.96. The maximum atomic E-state index is 13.0. The van der Waals surface area contributed by atoms with Crippen molar-refractivity contribution >= 4 is 23.0 Å². The molecule has 1 atom stereocenters. The predicted octanol–water partition coefficient (Wildman–Crippen LogP) is 3.59. The van der Waals surface area contributed by atoms with E-state index in [1.807, 2.05) is 55.6 Å². The third-order valence-corrected chi connectivity index (χ3v) is 5.56. The van der Waals surface area contributed by atoms with Gasteiger partial charge in [-0.1, -0.05) is 35.9 Å². The molecule has 142 valence electrons. The van der Waals surface area contributed by atoms with Gasteiger partial charge in [-0.25, -0.2) is 0 Å². The Hall–Kier alpha value is -2.44. The summed E-state index contributed by atoms with van der Waals surface area (Å²) in [4.78, 5) is 30.0. The smallest absolute Gasteiger partial charge is 0.290 e. The first-order valence-corrected chi connectivity index (χ1v) is 9.81. The molecule has 5 nitrogen and oxygen atoms in total. The summed E-state index contributed by atoms with van der Waals surface area (Å²) in [6.45, 7) is 3.28. The van der Waals surface area contributed by atoms with E-state index in [0.29, 0.717) is 11.4 Å². The number of amides is 1. The second kappa shape index (κ2) is 8.06. The van der Waals surface area contributed by atoms with Crippen molar-refractivity contribution in [1.29, 1.82) is 0 Å². The minimum atomic E-state index is -0.560. The normalized spacial score (nSPS) is 17.3. The van der Waals surface area contributed by atoms with Crippen LogP contribution in [0.2, 0.25) is 0 Å². The molecular formula is C21H24N2O3S. The van der Waals surface area contributed by atoms with Crippen molar-refractivity contribution in [3.05, 3.63) is 69.1 Å². The van der Waals surface area contributed by atoms with E-state index < -0.39 is 17.7 Å². The van der Waals surface area contributed by atoms with Gasteiger partial charge in [0.15, 0.2) is 5.76 Å². The summed E-state index contributed by atoms with van der Waals surface area (Å²) in [5.74, 6) is -1.18. The van der Waals surface area contributed by atoms with Crippen LogP contribution in [0.1, 0.15) is 33.3 Å². The maximum Gasteiger partial charge on any atom is 0.290 e. The summed E-state index contributed by atoms with van der Waals surface area (Å²) in [5.41, 5.74) is 2.11. The van der Waals surface area contributed by atoms with Crippen LogP contribution >= 0.6 is 11.3 Å². The van der Waals surface area contributed by atoms with E-state index in [0.717, 1.165) is 24.1 Å². The Balaban J connectivity index is 1.99. The Morgan fingerprint density at radius 2 is 1.93 bits per heavy atom. The topological polar surface area (TPSA) is 60.9 Å². The molecule has 0 saturated carbocycles. The number of aliphatic hydroxyl groups is 1. The Morgan fingerprint density at radius 3 is 2.52 bits per heavy atom. The second-order valence-electron chi connectivity index (χ2n) is 7.04. The molecule has 1 amide bonds. The Labute approximate surface area is 163 Å². The summed E-state index contributed by atoms with van der Waals surface area (Å²) in [5, 5.41) is 12.4. The molecule has 0 saturated heterocycles. The minimum absolute atomic E-state index is 0.177. The quantitative estimate of drug-likeness (QED) is 0.741. The molecular weight excluding hydrogens is 360 g/mol. The SMILES string of the molecule is Cc1ccc([C@@H]2C(C(=O)c3cccs3)=C(O)C(=O)N2CCCN(C)C)cc1. The molecule has 3 rings (SSSR count). The Kier molecular flexibility index (Phi) is 5.77. The van der Waals surface area contributed by atoms with Crippen LogP contribution in [-0.2, 0) is 4.79 Å². The third-order valence-electron chi connectivity index (χ3n) is 4.69. The van der Waals surface area contributed by atoms with Crippen LogP contribution in [0.15, 0.2) is 53.1 Å². The molecule has 0 unspecified atom stereocenters. The van der Waals surface area contributed by atoms with Gasteiger partial charge < -0.3 is 14.9 Å². The number of ketones is 1. The van der Waals surface area contributed by atoms with Crippen molar-refractivity contribution in [2.45, 2.75) is 19.4 Å². The van der Waals surface area contributed by atoms with Gasteiger partial charge in [0, 0.05) is 6.54 Å². The lowest BCUT2D eigenvalue weighted by atomic mass is 9.95. The van der Waals surface area contributed by atoms with Gasteiger partial charge >= 0.3 is 0 Å². The average Bonchev–Trinajstić information content (AvgIpc) is 3.25. The number of hydrogen-bond donors (Lipinski definition) is 1. The molecule has 2 aromatic rings.